The molecule has 3 aromatic rings. The molecule has 1 saturated carbocycles. The summed E-state index contributed by atoms with van der Waals surface area (Å²) in [6.07, 6.45) is 7.04. The number of benzene rings is 3. The fourth-order valence-corrected chi connectivity index (χ4v) is 5.27. The quantitative estimate of drug-likeness (QED) is 0.359. The number of carbonyl (C=O) groups is 1. The maximum Gasteiger partial charge on any atom is 0.271 e. The number of phenols is 1. The minimum atomic E-state index is -0.387. The maximum atomic E-state index is 12.3. The lowest BCUT2D eigenvalue weighted by Crippen LogP contribution is -2.17. The first kappa shape index (κ1) is 20.8. The van der Waals surface area contributed by atoms with Gasteiger partial charge in [0.05, 0.1) is 11.2 Å². The van der Waals surface area contributed by atoms with Gasteiger partial charge in [0.15, 0.2) is 0 Å². The van der Waals surface area contributed by atoms with E-state index in [0.717, 1.165) is 22.0 Å². The van der Waals surface area contributed by atoms with Gasteiger partial charge in [0, 0.05) is 22.1 Å². The Morgan fingerprint density at radius 3 is 2.67 bits per heavy atom. The number of aromatic hydroxyl groups is 1. The van der Waals surface area contributed by atoms with Crippen molar-refractivity contribution < 1.29 is 9.90 Å². The molecule has 4 rings (SSSR count). The van der Waals surface area contributed by atoms with Gasteiger partial charge < -0.3 is 5.11 Å². The number of nitrogens with one attached hydrogen (secondary N) is 1. The highest BCUT2D eigenvalue weighted by Gasteiger charge is 2.16. The van der Waals surface area contributed by atoms with Crippen LogP contribution in [0.3, 0.4) is 0 Å². The highest BCUT2D eigenvalue weighted by molar-refractivity contribution is 7.99. The first-order chi connectivity index (χ1) is 14.6. The highest BCUT2D eigenvalue weighted by Crippen LogP contribution is 2.33. The Morgan fingerprint density at radius 1 is 1.13 bits per heavy atom. The second kappa shape index (κ2) is 9.54. The molecule has 2 N–H and O–H groups in total. The van der Waals surface area contributed by atoms with Crippen molar-refractivity contribution in [2.45, 2.75) is 36.7 Å². The number of amides is 1. The molecule has 0 bridgehead atoms. The third kappa shape index (κ3) is 4.79. The fraction of sp³-hybridized carbons (Fsp3) is 0.250. The standard InChI is InChI=1S/C24H23ClN2O2S/c25-22-13-16(11-12-23(22)28)24(29)27-26-14-17-9-10-18(15-30-19-5-1-2-6-19)21-8-4-3-7-20(17)21/h3-4,7-14,19,28H,1-2,5-6,15H2,(H,27,29)/b26-14+. The Labute approximate surface area is 185 Å². The van der Waals surface area contributed by atoms with E-state index in [2.05, 4.69) is 52.6 Å². The molecule has 1 fully saturated rings. The summed E-state index contributed by atoms with van der Waals surface area (Å²) in [4.78, 5) is 12.3. The van der Waals surface area contributed by atoms with E-state index in [1.807, 2.05) is 6.07 Å². The van der Waals surface area contributed by atoms with Crippen LogP contribution in [-0.2, 0) is 5.75 Å². The average Bonchev–Trinajstić information content (AvgIpc) is 3.28. The van der Waals surface area contributed by atoms with Crippen molar-refractivity contribution in [3.05, 3.63) is 76.3 Å². The van der Waals surface area contributed by atoms with Crippen LogP contribution in [0.15, 0.2) is 59.7 Å². The van der Waals surface area contributed by atoms with Gasteiger partial charge in [-0.2, -0.15) is 16.9 Å². The van der Waals surface area contributed by atoms with Crippen LogP contribution < -0.4 is 5.43 Å². The molecule has 0 aliphatic heterocycles. The lowest BCUT2D eigenvalue weighted by Gasteiger charge is -2.12. The van der Waals surface area contributed by atoms with Crippen molar-refractivity contribution in [1.29, 1.82) is 0 Å². The number of phenolic OH excluding ortho intramolecular Hbond substituents is 1. The molecule has 0 radical (unpaired) electrons. The molecule has 0 heterocycles. The van der Waals surface area contributed by atoms with E-state index in [-0.39, 0.29) is 16.7 Å². The summed E-state index contributed by atoms with van der Waals surface area (Å²) in [7, 11) is 0. The molecule has 0 unspecified atom stereocenters. The van der Waals surface area contributed by atoms with Crippen LogP contribution in [0.2, 0.25) is 5.02 Å². The number of hydrogen-bond donors (Lipinski definition) is 2. The number of fused-ring (bicyclic) bond motifs is 1. The van der Waals surface area contributed by atoms with Gasteiger partial charge in [-0.1, -0.05) is 60.8 Å². The summed E-state index contributed by atoms with van der Waals surface area (Å²) in [6, 6.07) is 16.8. The van der Waals surface area contributed by atoms with Crippen LogP contribution in [0.25, 0.3) is 10.8 Å². The van der Waals surface area contributed by atoms with E-state index < -0.39 is 0 Å². The topological polar surface area (TPSA) is 61.7 Å². The fourth-order valence-electron chi connectivity index (χ4n) is 3.76. The second-order valence-electron chi connectivity index (χ2n) is 7.44. The molecule has 4 nitrogen and oxygen atoms in total. The Hall–Kier alpha value is -2.50. The molecule has 154 valence electrons. The molecular formula is C24H23ClN2O2S. The van der Waals surface area contributed by atoms with Crippen molar-refractivity contribution in [3.8, 4) is 5.75 Å². The van der Waals surface area contributed by atoms with E-state index in [0.29, 0.717) is 5.56 Å². The number of halogens is 1. The van der Waals surface area contributed by atoms with E-state index in [9.17, 15) is 9.90 Å². The molecule has 1 aliphatic rings. The van der Waals surface area contributed by atoms with Crippen LogP contribution in [0.4, 0.5) is 0 Å². The molecule has 0 saturated heterocycles. The third-order valence-electron chi connectivity index (χ3n) is 5.40. The van der Waals surface area contributed by atoms with Crippen LogP contribution in [-0.4, -0.2) is 22.5 Å². The van der Waals surface area contributed by atoms with Crippen molar-refractivity contribution >= 4 is 46.3 Å². The van der Waals surface area contributed by atoms with Gasteiger partial charge in [-0.3, -0.25) is 4.79 Å². The van der Waals surface area contributed by atoms with E-state index in [1.165, 1.54) is 54.8 Å². The van der Waals surface area contributed by atoms with Crippen LogP contribution in [0.1, 0.15) is 47.2 Å². The zero-order valence-corrected chi connectivity index (χ0v) is 18.0. The predicted octanol–water partition coefficient (Wildman–Crippen LogP) is 6.14. The van der Waals surface area contributed by atoms with Gasteiger partial charge in [-0.25, -0.2) is 5.43 Å². The van der Waals surface area contributed by atoms with E-state index in [1.54, 1.807) is 6.21 Å². The van der Waals surface area contributed by atoms with Gasteiger partial charge >= 0.3 is 0 Å². The molecule has 6 heteroatoms. The minimum absolute atomic E-state index is 0.0608. The highest BCUT2D eigenvalue weighted by atomic mass is 35.5. The molecule has 0 atom stereocenters. The molecule has 0 spiro atoms. The van der Waals surface area contributed by atoms with Crippen LogP contribution in [0.5, 0.6) is 5.75 Å². The van der Waals surface area contributed by atoms with Crippen LogP contribution in [0, 0.1) is 0 Å². The first-order valence-corrected chi connectivity index (χ1v) is 11.5. The Morgan fingerprint density at radius 2 is 1.90 bits per heavy atom. The van der Waals surface area contributed by atoms with Crippen molar-refractivity contribution in [3.63, 3.8) is 0 Å². The number of carbonyl (C=O) groups excluding carboxylic acids is 1. The van der Waals surface area contributed by atoms with Crippen molar-refractivity contribution in [2.24, 2.45) is 5.10 Å². The minimum Gasteiger partial charge on any atom is -0.506 e. The molecular weight excluding hydrogens is 416 g/mol. The number of hydrogen-bond acceptors (Lipinski definition) is 4. The molecule has 1 aliphatic carbocycles. The van der Waals surface area contributed by atoms with Gasteiger partial charge in [0.25, 0.3) is 5.91 Å². The normalized spacial score (nSPS) is 14.6. The number of hydrazone groups is 1. The van der Waals surface area contributed by atoms with E-state index >= 15 is 0 Å². The predicted molar refractivity (Wildman–Crippen MR) is 126 cm³/mol. The van der Waals surface area contributed by atoms with Gasteiger partial charge in [-0.15, -0.1) is 0 Å². The third-order valence-corrected chi connectivity index (χ3v) is 7.13. The van der Waals surface area contributed by atoms with Gasteiger partial charge in [-0.05, 0) is 47.4 Å². The summed E-state index contributed by atoms with van der Waals surface area (Å²) in [5.41, 5.74) is 5.14. The lowest BCUT2D eigenvalue weighted by molar-refractivity contribution is 0.0955. The number of thioether (sulfide) groups is 1. The molecule has 30 heavy (non-hydrogen) atoms. The summed E-state index contributed by atoms with van der Waals surface area (Å²) < 4.78 is 0. The largest absolute Gasteiger partial charge is 0.506 e. The molecule has 0 aromatic heterocycles. The number of rotatable bonds is 6. The Bertz CT molecular complexity index is 1090. The monoisotopic (exact) mass is 438 g/mol. The Kier molecular flexibility index (Phi) is 6.60. The maximum absolute atomic E-state index is 12.3. The zero-order chi connectivity index (χ0) is 20.9. The first-order valence-electron chi connectivity index (χ1n) is 10.1. The van der Waals surface area contributed by atoms with Crippen LogP contribution >= 0.6 is 23.4 Å². The second-order valence-corrected chi connectivity index (χ2v) is 9.14. The number of nitrogens with zero attached hydrogens (tertiary/aromatic N) is 1. The molecule has 1 amide bonds. The summed E-state index contributed by atoms with van der Waals surface area (Å²) >= 11 is 7.93. The summed E-state index contributed by atoms with van der Waals surface area (Å²) in [6.45, 7) is 0. The smallest absolute Gasteiger partial charge is 0.271 e. The lowest BCUT2D eigenvalue weighted by atomic mass is 10.0. The average molecular weight is 439 g/mol. The summed E-state index contributed by atoms with van der Waals surface area (Å²) in [5.74, 6) is 0.567. The van der Waals surface area contributed by atoms with Gasteiger partial charge in [0.1, 0.15) is 5.75 Å². The van der Waals surface area contributed by atoms with Crippen molar-refractivity contribution in [1.82, 2.24) is 5.43 Å². The van der Waals surface area contributed by atoms with Crippen molar-refractivity contribution in [2.75, 3.05) is 0 Å². The van der Waals surface area contributed by atoms with Gasteiger partial charge in [0.2, 0.25) is 0 Å². The molecule has 3 aromatic carbocycles. The summed E-state index contributed by atoms with van der Waals surface area (Å²) in [5, 5.41) is 16.9. The zero-order valence-electron chi connectivity index (χ0n) is 16.5. The SMILES string of the molecule is O=C(N/N=C/c1ccc(CSC2CCCC2)c2ccccc12)c1ccc(O)c(Cl)c1. The van der Waals surface area contributed by atoms with E-state index in [4.69, 9.17) is 11.6 Å². The Balaban J connectivity index is 1.49.